The van der Waals surface area contributed by atoms with Gasteiger partial charge < -0.3 is 0 Å². The van der Waals surface area contributed by atoms with Crippen molar-refractivity contribution in [2.45, 2.75) is 0 Å². The molecule has 2 radical (unpaired) electrons. The monoisotopic (exact) mass is 126 g/mol. The van der Waals surface area contributed by atoms with Crippen LogP contribution in [0.25, 0.3) is 0 Å². The van der Waals surface area contributed by atoms with Crippen molar-refractivity contribution in [3.63, 3.8) is 0 Å². The second-order valence-corrected chi connectivity index (χ2v) is 1.94. The number of rotatable bonds is 1. The highest BCUT2D eigenvalue weighted by molar-refractivity contribution is 5.97. The van der Waals surface area contributed by atoms with Gasteiger partial charge in [0.15, 0.2) is 0 Å². The fraction of sp³-hybridized carbons (Fsp3) is 0. The summed E-state index contributed by atoms with van der Waals surface area (Å²) >= 11 is 1.31. The molecule has 0 saturated heterocycles. The lowest BCUT2D eigenvalue weighted by Gasteiger charge is -2.13. The van der Waals surface area contributed by atoms with Gasteiger partial charge in [-0.2, -0.15) is 14.0 Å². The van der Waals surface area contributed by atoms with E-state index in [-0.39, 0.29) is 0 Å². The fourth-order valence-electron chi connectivity index (χ4n) is 0. The summed E-state index contributed by atoms with van der Waals surface area (Å²) < 4.78 is 30.8. The molecule has 0 N–H and O–H groups in total. The van der Waals surface area contributed by atoms with E-state index in [0.717, 1.165) is 0 Å². The summed E-state index contributed by atoms with van der Waals surface area (Å²) in [7, 11) is -4.21. The lowest BCUT2D eigenvalue weighted by molar-refractivity contribution is -1.91. The van der Waals surface area contributed by atoms with Crippen LogP contribution in [-0.4, -0.2) is 16.6 Å². The summed E-state index contributed by atoms with van der Waals surface area (Å²) in [6, 6.07) is 0. The largest absolute Gasteiger partial charge is 0.679 e. The molecule has 0 spiro atoms. The predicted octanol–water partition coefficient (Wildman–Crippen LogP) is -4.02. The average molecular weight is 126 g/mol. The maximum atomic E-state index is 9.17. The van der Waals surface area contributed by atoms with Crippen LogP contribution in [-0.2, 0) is 3.34 Å². The molecular formula is AlClO4. The van der Waals surface area contributed by atoms with Crippen molar-refractivity contribution >= 4 is 16.6 Å². The molecule has 0 unspecified atom stereocenters. The number of hydrogen-bond donors (Lipinski definition) is 0. The van der Waals surface area contributed by atoms with Crippen LogP contribution >= 0.6 is 0 Å². The van der Waals surface area contributed by atoms with Crippen molar-refractivity contribution in [3.05, 3.63) is 0 Å². The van der Waals surface area contributed by atoms with Crippen molar-refractivity contribution < 1.29 is 27.6 Å². The van der Waals surface area contributed by atoms with Crippen molar-refractivity contribution in [1.82, 2.24) is 0 Å². The Hall–Kier alpha value is 0.662. The van der Waals surface area contributed by atoms with Gasteiger partial charge >= 0.3 is 16.6 Å². The van der Waals surface area contributed by atoms with Gasteiger partial charge in [-0.25, -0.2) is 0 Å². The molecule has 0 saturated carbocycles. The quantitative estimate of drug-likeness (QED) is 0.335. The molecular weight excluding hydrogens is 126 g/mol. The van der Waals surface area contributed by atoms with Crippen molar-refractivity contribution in [2.24, 2.45) is 0 Å². The zero-order valence-electron chi connectivity index (χ0n) is 2.59. The summed E-state index contributed by atoms with van der Waals surface area (Å²) in [4.78, 5) is 0. The van der Waals surface area contributed by atoms with E-state index in [1.807, 2.05) is 0 Å². The van der Waals surface area contributed by atoms with Crippen LogP contribution in [0.15, 0.2) is 0 Å². The Labute approximate surface area is 44.8 Å². The first-order valence-electron chi connectivity index (χ1n) is 0.853. The van der Waals surface area contributed by atoms with E-state index in [2.05, 4.69) is 3.34 Å². The van der Waals surface area contributed by atoms with E-state index in [4.69, 9.17) is 0 Å². The summed E-state index contributed by atoms with van der Waals surface area (Å²) in [5.41, 5.74) is 0. The zero-order valence-corrected chi connectivity index (χ0v) is 4.50. The minimum Gasteiger partial charge on any atom is -0.187 e. The van der Waals surface area contributed by atoms with Gasteiger partial charge in [0.25, 0.3) is 0 Å². The summed E-state index contributed by atoms with van der Waals surface area (Å²) in [5, 5.41) is 0. The second-order valence-electron chi connectivity index (χ2n) is 0.467. The minimum absolute atomic E-state index is 1.31. The van der Waals surface area contributed by atoms with Crippen LogP contribution in [0.4, 0.5) is 0 Å². The smallest absolute Gasteiger partial charge is 0.187 e. The van der Waals surface area contributed by atoms with Crippen LogP contribution in [0, 0.1) is 10.2 Å². The molecule has 0 atom stereocenters. The molecule has 4 nitrogen and oxygen atoms in total. The van der Waals surface area contributed by atoms with Gasteiger partial charge in [0.1, 0.15) is 0 Å². The van der Waals surface area contributed by atoms with E-state index in [0.29, 0.717) is 0 Å². The van der Waals surface area contributed by atoms with E-state index in [1.54, 1.807) is 0 Å². The third-order valence-corrected chi connectivity index (χ3v) is 0.982. The van der Waals surface area contributed by atoms with Crippen LogP contribution in [0.2, 0.25) is 0 Å². The molecule has 0 bridgehead atoms. The summed E-state index contributed by atoms with van der Waals surface area (Å²) in [6.45, 7) is 0. The van der Waals surface area contributed by atoms with Gasteiger partial charge in [-0.05, 0) is 0 Å². The summed E-state index contributed by atoms with van der Waals surface area (Å²) in [5.74, 6) is 0. The first-order chi connectivity index (χ1) is 2.56. The molecule has 0 rings (SSSR count). The average Bonchev–Trinajstić information content (AvgIpc) is 1.35. The second kappa shape index (κ2) is 2.10. The standard InChI is InChI=1S/Al.ClHO4/c;2-1(3,4)5/h;(H,2,3,4,5)/q+1;/p-1. The minimum atomic E-state index is -4.21. The SMILES string of the molecule is [O-][Cl+3]([O-])([O-])[O][Al]. The molecule has 0 aromatic rings. The molecule has 6 heavy (non-hydrogen) atoms. The Balaban J connectivity index is 3.17. The molecule has 0 aliphatic heterocycles. The van der Waals surface area contributed by atoms with Crippen LogP contribution < -0.4 is 14.0 Å². The van der Waals surface area contributed by atoms with Gasteiger partial charge in [-0.1, -0.05) is 0 Å². The first-order valence-corrected chi connectivity index (χ1v) is 2.56. The Morgan fingerprint density at radius 1 is 1.33 bits per heavy atom. The number of halogens is 1. The van der Waals surface area contributed by atoms with Gasteiger partial charge in [0.05, 0.1) is 0 Å². The van der Waals surface area contributed by atoms with Crippen LogP contribution in [0.3, 0.4) is 0 Å². The lowest BCUT2D eigenvalue weighted by atomic mass is 15.8. The van der Waals surface area contributed by atoms with Gasteiger partial charge in [0, 0.05) is 10.2 Å². The lowest BCUT2D eigenvalue weighted by Crippen LogP contribution is -2.60. The zero-order chi connectivity index (χ0) is 5.21. The third kappa shape index (κ3) is 4.66. The predicted molar refractivity (Wildman–Crippen MR) is 6.84 cm³/mol. The highest BCUT2D eigenvalue weighted by atomic mass is 35.7. The Morgan fingerprint density at radius 2 is 1.50 bits per heavy atom. The van der Waals surface area contributed by atoms with Gasteiger partial charge in [-0.15, -0.1) is 3.34 Å². The third-order valence-electron chi connectivity index (χ3n) is 0.109. The highest BCUT2D eigenvalue weighted by Gasteiger charge is 2.05. The molecule has 0 aliphatic rings. The van der Waals surface area contributed by atoms with Gasteiger partial charge in [0.2, 0.25) is 0 Å². The topological polar surface area (TPSA) is 78.4 Å². The van der Waals surface area contributed by atoms with Crippen molar-refractivity contribution in [1.29, 1.82) is 0 Å². The Bertz CT molecular complexity index is 37.3. The molecule has 0 aromatic heterocycles. The Kier molecular flexibility index (Phi) is 2.33. The molecule has 0 fully saturated rings. The van der Waals surface area contributed by atoms with Crippen LogP contribution in [0.1, 0.15) is 0 Å². The van der Waals surface area contributed by atoms with Crippen molar-refractivity contribution in [3.8, 4) is 0 Å². The van der Waals surface area contributed by atoms with Gasteiger partial charge in [-0.3, -0.25) is 0 Å². The van der Waals surface area contributed by atoms with E-state index < -0.39 is 10.2 Å². The van der Waals surface area contributed by atoms with E-state index in [1.165, 1.54) is 16.6 Å². The first kappa shape index (κ1) is 6.66. The fourth-order valence-corrected chi connectivity index (χ4v) is 0. The van der Waals surface area contributed by atoms with E-state index >= 15 is 0 Å². The van der Waals surface area contributed by atoms with Crippen LogP contribution in [0.5, 0.6) is 0 Å². The molecule has 34 valence electrons. The summed E-state index contributed by atoms with van der Waals surface area (Å²) in [6.07, 6.45) is 0. The van der Waals surface area contributed by atoms with Crippen molar-refractivity contribution in [2.75, 3.05) is 0 Å². The Morgan fingerprint density at radius 3 is 1.50 bits per heavy atom. The number of hydrogen-bond acceptors (Lipinski definition) is 4. The molecule has 0 amide bonds. The maximum Gasteiger partial charge on any atom is 0.679 e. The molecule has 0 aliphatic carbocycles. The maximum absolute atomic E-state index is 9.17. The van der Waals surface area contributed by atoms with E-state index in [9.17, 15) is 14.0 Å². The highest BCUT2D eigenvalue weighted by Crippen LogP contribution is 1.76. The molecule has 6 heteroatoms. The molecule has 0 heterocycles. The normalized spacial score (nSPS) is 11.8. The molecule has 0 aromatic carbocycles.